The van der Waals surface area contributed by atoms with Crippen molar-refractivity contribution in [1.29, 1.82) is 0 Å². The molecule has 3 aromatic carbocycles. The Labute approximate surface area is 230 Å². The van der Waals surface area contributed by atoms with E-state index in [1.807, 2.05) is 80.5 Å². The van der Waals surface area contributed by atoms with Crippen LogP contribution in [0.3, 0.4) is 0 Å². The van der Waals surface area contributed by atoms with E-state index in [9.17, 15) is 19.8 Å². The zero-order valence-electron chi connectivity index (χ0n) is 22.3. The molecule has 1 aromatic heterocycles. The molecule has 0 atom stereocenters. The van der Waals surface area contributed by atoms with Crippen LogP contribution in [0.1, 0.15) is 32.6 Å². The molecule has 0 fully saturated rings. The van der Waals surface area contributed by atoms with Gasteiger partial charge in [-0.05, 0) is 29.8 Å². The highest BCUT2D eigenvalue weighted by Crippen LogP contribution is 2.57. The molecule has 0 saturated heterocycles. The number of esters is 1. The Morgan fingerprint density at radius 2 is 1.43 bits per heavy atom. The van der Waals surface area contributed by atoms with Gasteiger partial charge in [0.2, 0.25) is 11.8 Å². The van der Waals surface area contributed by atoms with Crippen molar-refractivity contribution in [3.8, 4) is 23.3 Å². The van der Waals surface area contributed by atoms with E-state index in [0.29, 0.717) is 38.5 Å². The quantitative estimate of drug-likeness (QED) is 0.364. The van der Waals surface area contributed by atoms with Gasteiger partial charge < -0.3 is 34.3 Å². The van der Waals surface area contributed by atoms with E-state index < -0.39 is 29.3 Å². The predicted molar refractivity (Wildman–Crippen MR) is 146 cm³/mol. The maximum atomic E-state index is 13.6. The highest BCUT2D eigenvalue weighted by molar-refractivity contribution is 5.99. The van der Waals surface area contributed by atoms with Gasteiger partial charge in [-0.25, -0.2) is 9.59 Å². The lowest BCUT2D eigenvalue weighted by Crippen LogP contribution is -2.33. The second kappa shape index (κ2) is 8.98. The number of nitrogens with zero attached hydrogens (tertiary/aromatic N) is 3. The SMILES string of the molecule is CN(C)c1ccc2c(c1)Oc1cc(N(C)C)ccc1C21OC(=O)c2c(CC(=O)On3c(O)ccc3O)cccc21. The summed E-state index contributed by atoms with van der Waals surface area (Å²) in [6, 6.07) is 19.1. The van der Waals surface area contributed by atoms with E-state index in [0.717, 1.165) is 11.4 Å². The number of fused-ring (bicyclic) bond motifs is 6. The molecule has 10 nitrogen and oxygen atoms in total. The van der Waals surface area contributed by atoms with Gasteiger partial charge in [0.15, 0.2) is 5.60 Å². The van der Waals surface area contributed by atoms with Gasteiger partial charge in [-0.1, -0.05) is 18.2 Å². The first kappa shape index (κ1) is 25.2. The van der Waals surface area contributed by atoms with Crippen molar-refractivity contribution in [2.75, 3.05) is 38.0 Å². The van der Waals surface area contributed by atoms with Gasteiger partial charge >= 0.3 is 11.9 Å². The second-order valence-electron chi connectivity index (χ2n) is 10.1. The van der Waals surface area contributed by atoms with E-state index in [4.69, 9.17) is 14.3 Å². The molecule has 2 N–H and O–H groups in total. The number of benzene rings is 3. The van der Waals surface area contributed by atoms with Crippen LogP contribution < -0.4 is 19.4 Å². The fourth-order valence-corrected chi connectivity index (χ4v) is 5.30. The number of carbonyl (C=O) groups excluding carboxylic acids is 2. The number of anilines is 2. The van der Waals surface area contributed by atoms with Gasteiger partial charge in [-0.2, -0.15) is 0 Å². The Morgan fingerprint density at radius 3 is 1.98 bits per heavy atom. The van der Waals surface area contributed by atoms with Crippen molar-refractivity contribution in [1.82, 2.24) is 4.73 Å². The summed E-state index contributed by atoms with van der Waals surface area (Å²) in [4.78, 5) is 35.5. The third kappa shape index (κ3) is 3.71. The molecule has 0 amide bonds. The average Bonchev–Trinajstić information content (AvgIpc) is 3.40. The molecular weight excluding hydrogens is 514 g/mol. The Morgan fingerprint density at radius 1 is 0.850 bits per heavy atom. The van der Waals surface area contributed by atoms with Crippen molar-refractivity contribution < 1.29 is 34.1 Å². The summed E-state index contributed by atoms with van der Waals surface area (Å²) in [5, 5.41) is 19.7. The predicted octanol–water partition coefficient (Wildman–Crippen LogP) is 3.80. The van der Waals surface area contributed by atoms with Gasteiger partial charge in [0, 0.05) is 80.5 Å². The van der Waals surface area contributed by atoms with Gasteiger partial charge in [0.1, 0.15) is 11.5 Å². The van der Waals surface area contributed by atoms with Crippen LogP contribution in [0.5, 0.6) is 23.3 Å². The largest absolute Gasteiger partial charge is 0.492 e. The highest BCUT2D eigenvalue weighted by atomic mass is 16.7. The van der Waals surface area contributed by atoms with E-state index in [1.54, 1.807) is 12.1 Å². The smallest absolute Gasteiger partial charge is 0.340 e. The van der Waals surface area contributed by atoms with E-state index in [-0.39, 0.29) is 12.0 Å². The van der Waals surface area contributed by atoms with Crippen LogP contribution in [-0.2, 0) is 21.6 Å². The third-order valence-corrected chi connectivity index (χ3v) is 7.25. The summed E-state index contributed by atoms with van der Waals surface area (Å²) in [6.45, 7) is 0. The van der Waals surface area contributed by atoms with Crippen LogP contribution in [0, 0.1) is 0 Å². The first-order valence-corrected chi connectivity index (χ1v) is 12.6. The molecule has 2 aliphatic rings. The first-order chi connectivity index (χ1) is 19.1. The Balaban J connectivity index is 1.50. The molecule has 0 saturated carbocycles. The maximum Gasteiger partial charge on any atom is 0.340 e. The second-order valence-corrected chi connectivity index (χ2v) is 10.1. The van der Waals surface area contributed by atoms with Gasteiger partial charge in [-0.3, -0.25) is 0 Å². The number of hydrogen-bond acceptors (Lipinski definition) is 9. The van der Waals surface area contributed by atoms with Crippen LogP contribution in [0.4, 0.5) is 11.4 Å². The van der Waals surface area contributed by atoms with E-state index >= 15 is 0 Å². The van der Waals surface area contributed by atoms with Crippen molar-refractivity contribution in [3.63, 3.8) is 0 Å². The summed E-state index contributed by atoms with van der Waals surface area (Å²) in [7, 11) is 7.73. The lowest BCUT2D eigenvalue weighted by atomic mass is 9.76. The van der Waals surface area contributed by atoms with Gasteiger partial charge in [-0.15, -0.1) is 4.73 Å². The summed E-state index contributed by atoms with van der Waals surface area (Å²) >= 11 is 0. The molecule has 0 unspecified atom stereocenters. The fraction of sp³-hybridized carbons (Fsp3) is 0.200. The zero-order valence-corrected chi connectivity index (χ0v) is 22.3. The summed E-state index contributed by atoms with van der Waals surface area (Å²) in [5.41, 5.74) is 3.08. The minimum atomic E-state index is -1.30. The normalized spacial score (nSPS) is 14.1. The third-order valence-electron chi connectivity index (χ3n) is 7.25. The van der Waals surface area contributed by atoms with Crippen molar-refractivity contribution in [3.05, 3.63) is 94.5 Å². The van der Waals surface area contributed by atoms with Gasteiger partial charge in [0.25, 0.3) is 0 Å². The maximum absolute atomic E-state index is 13.6. The van der Waals surface area contributed by atoms with E-state index in [1.165, 1.54) is 12.1 Å². The minimum absolute atomic E-state index is 0.257. The highest BCUT2D eigenvalue weighted by Gasteiger charge is 2.54. The lowest BCUT2D eigenvalue weighted by molar-refractivity contribution is -0.144. The molecule has 40 heavy (non-hydrogen) atoms. The van der Waals surface area contributed by atoms with Gasteiger partial charge in [0.05, 0.1) is 12.0 Å². The molecule has 6 rings (SSSR count). The molecule has 0 radical (unpaired) electrons. The molecule has 4 aromatic rings. The molecule has 0 aliphatic carbocycles. The van der Waals surface area contributed by atoms with Crippen molar-refractivity contribution in [2.24, 2.45) is 0 Å². The molecule has 3 heterocycles. The van der Waals surface area contributed by atoms with Crippen LogP contribution in [0.25, 0.3) is 0 Å². The van der Waals surface area contributed by atoms with Crippen LogP contribution >= 0.6 is 0 Å². The number of rotatable bonds is 5. The van der Waals surface area contributed by atoms with Crippen molar-refractivity contribution >= 4 is 23.3 Å². The summed E-state index contributed by atoms with van der Waals surface area (Å²) in [5.74, 6) is -1.14. The standard InChI is InChI=1S/C30H27N3O7/c1-31(2)18-8-10-20-23(15-18)38-24-16-19(32(3)4)9-11-21(24)30(20)22-7-5-6-17(28(22)29(37)39-30)14-27(36)40-33-25(34)12-13-26(33)35/h5-13,15-16,34-35H,14H2,1-4H3. The number of carbonyl (C=O) groups is 2. The number of aromatic hydroxyl groups is 2. The Bertz CT molecular complexity index is 1610. The topological polar surface area (TPSA) is 114 Å². The number of aromatic nitrogens is 1. The zero-order chi connectivity index (χ0) is 28.3. The number of hydrogen-bond donors (Lipinski definition) is 2. The van der Waals surface area contributed by atoms with Crippen molar-refractivity contribution in [2.45, 2.75) is 12.0 Å². The fourth-order valence-electron chi connectivity index (χ4n) is 5.30. The Hall–Kier alpha value is -5.12. The molecule has 204 valence electrons. The number of ether oxygens (including phenoxy) is 2. The van der Waals surface area contributed by atoms with Crippen LogP contribution in [0.2, 0.25) is 0 Å². The minimum Gasteiger partial charge on any atom is -0.492 e. The monoisotopic (exact) mass is 541 g/mol. The molecule has 10 heteroatoms. The molecule has 2 aliphatic heterocycles. The van der Waals surface area contributed by atoms with E-state index in [2.05, 4.69) is 0 Å². The Kier molecular flexibility index (Phi) is 5.65. The molecular formula is C30H27N3O7. The summed E-state index contributed by atoms with van der Waals surface area (Å²) < 4.78 is 13.3. The van der Waals surface area contributed by atoms with Crippen LogP contribution in [0.15, 0.2) is 66.7 Å². The molecule has 1 spiro atoms. The summed E-state index contributed by atoms with van der Waals surface area (Å²) in [6.07, 6.45) is -0.305. The van der Waals surface area contributed by atoms with Crippen LogP contribution in [-0.4, -0.2) is 55.1 Å². The lowest BCUT2D eigenvalue weighted by Gasteiger charge is -2.37. The molecule has 0 bridgehead atoms. The first-order valence-electron chi connectivity index (χ1n) is 12.6. The average molecular weight is 542 g/mol.